The number of ether oxygens (including phenoxy) is 2. The predicted octanol–water partition coefficient (Wildman–Crippen LogP) is 5.39. The molecule has 9 rings (SSSR count). The van der Waals surface area contributed by atoms with Crippen molar-refractivity contribution in [3.05, 3.63) is 70.4 Å². The third-order valence-corrected chi connectivity index (χ3v) is 22.9. The van der Waals surface area contributed by atoms with Crippen molar-refractivity contribution in [1.82, 2.24) is 36.3 Å². The summed E-state index contributed by atoms with van der Waals surface area (Å²) in [5, 5.41) is 55.5. The van der Waals surface area contributed by atoms with E-state index in [0.717, 1.165) is 69.3 Å². The van der Waals surface area contributed by atoms with Crippen LogP contribution in [0.4, 0.5) is 10.5 Å². The maximum Gasteiger partial charge on any atom is 0.426 e. The predicted molar refractivity (Wildman–Crippen MR) is 341 cm³/mol. The van der Waals surface area contributed by atoms with Crippen LogP contribution in [0.3, 0.4) is 0 Å². The molecule has 1 aromatic heterocycles. The van der Waals surface area contributed by atoms with E-state index >= 15 is 4.79 Å². The van der Waals surface area contributed by atoms with E-state index in [1.165, 1.54) is 16.4 Å². The quantitative estimate of drug-likeness (QED) is 0.0179. The van der Waals surface area contributed by atoms with Gasteiger partial charge in [0.1, 0.15) is 18.5 Å². The van der Waals surface area contributed by atoms with E-state index in [4.69, 9.17) is 22.3 Å². The Bertz CT molecular complexity index is 3290. The molecule has 1 spiro atoms. The van der Waals surface area contributed by atoms with Gasteiger partial charge in [-0.05, 0) is 102 Å². The van der Waals surface area contributed by atoms with Gasteiger partial charge in [-0.2, -0.15) is 0 Å². The largest absolute Gasteiger partial charge is 0.496 e. The topological polar surface area (TPSA) is 275 Å². The number of aromatic nitrogens is 1. The summed E-state index contributed by atoms with van der Waals surface area (Å²) in [4.78, 5) is 91.3. The monoisotopic (exact) mass is 1250 g/mol. The number of nitrogens with zero attached hydrogens (tertiary/aromatic N) is 3. The number of ketones is 2. The molecule has 2 aromatic carbocycles. The summed E-state index contributed by atoms with van der Waals surface area (Å²) in [7, 11) is 7.44. The number of anilines is 1. The van der Waals surface area contributed by atoms with Crippen molar-refractivity contribution in [2.24, 2.45) is 23.2 Å². The van der Waals surface area contributed by atoms with Crippen molar-refractivity contribution in [1.29, 1.82) is 0 Å². The van der Waals surface area contributed by atoms with E-state index in [1.54, 1.807) is 21.1 Å². The van der Waals surface area contributed by atoms with Gasteiger partial charge in [-0.15, -0.1) is 24.7 Å². The summed E-state index contributed by atoms with van der Waals surface area (Å²) < 4.78 is 11.9. The van der Waals surface area contributed by atoms with Crippen molar-refractivity contribution in [3.63, 3.8) is 0 Å². The number of piperidine rings is 1. The van der Waals surface area contributed by atoms with Crippen molar-refractivity contribution >= 4 is 73.6 Å². The number of aliphatic carboxylic acids is 1. The number of terminal acetylenes is 2. The first-order chi connectivity index (χ1) is 42.0. The molecule has 0 radical (unpaired) electrons. The average molecular weight is 1250 g/mol. The molecule has 6 aliphatic rings. The number of fused-ring (bicyclic) bond motifs is 6. The first-order valence-corrected chi connectivity index (χ1v) is 33.4. The van der Waals surface area contributed by atoms with Crippen LogP contribution in [0.25, 0.3) is 10.9 Å². The van der Waals surface area contributed by atoms with Crippen LogP contribution in [0, 0.1) is 47.9 Å². The number of hydrazine groups is 1. The Morgan fingerprint density at radius 3 is 2.32 bits per heavy atom. The Morgan fingerprint density at radius 2 is 1.64 bits per heavy atom. The van der Waals surface area contributed by atoms with Crippen LogP contribution in [0.15, 0.2) is 48.0 Å². The zero-order chi connectivity index (χ0) is 63.7. The number of aromatic amines is 1. The molecule has 2 bridgehead atoms. The lowest BCUT2D eigenvalue weighted by Gasteiger charge is -2.63. The Kier molecular flexibility index (Phi) is 20.2. The van der Waals surface area contributed by atoms with Gasteiger partial charge in [0.05, 0.1) is 36.8 Å². The summed E-state index contributed by atoms with van der Waals surface area (Å²) >= 11 is 0. The maximum atomic E-state index is 15.2. The van der Waals surface area contributed by atoms with E-state index in [9.17, 15) is 44.4 Å². The highest BCUT2D eigenvalue weighted by molar-refractivity contribution is 8.76. The number of nitrogens with one attached hydrogen (secondary N) is 5. The normalized spacial score (nSPS) is 29.9. The molecule has 88 heavy (non-hydrogen) atoms. The number of aliphatic hydroxyl groups is 3. The van der Waals surface area contributed by atoms with Gasteiger partial charge in [-0.1, -0.05) is 72.2 Å². The Labute approximate surface area is 524 Å². The van der Waals surface area contributed by atoms with Crippen LogP contribution in [0.5, 0.6) is 5.75 Å². The second-order valence-corrected chi connectivity index (χ2v) is 28.3. The number of para-hydroxylation sites is 1. The fourth-order valence-electron chi connectivity index (χ4n) is 16.4. The molecule has 14 atom stereocenters. The zero-order valence-electron chi connectivity index (χ0n) is 52.0. The molecule has 1 unspecified atom stereocenters. The minimum atomic E-state index is -2.54. The van der Waals surface area contributed by atoms with Crippen LogP contribution in [-0.4, -0.2) is 184 Å². The molecule has 3 aromatic rings. The number of benzene rings is 2. The van der Waals surface area contributed by atoms with E-state index in [2.05, 4.69) is 92.3 Å². The SMILES string of the molecule is C#CC[C@H](NC)C(=O)C[C@@H](CC)C(=O)N[C@@H](CC#C)C(=O)C[C@@H](CSSCCOC(=O)NNC(=O)[C@@]1(O)[C@H](O)[C@]2(CC)C=C(C)CN3CC[C@@]4(c5cc([C@@]6(C)C[C@@H]7CN(CCc8c6[nH]c6ccccc86)C[C@](O)(CC)C7)c(OC)cc5N(C)[C@@H]14)[C@@H]32)C(=O)O. The van der Waals surface area contributed by atoms with Gasteiger partial charge < -0.3 is 50.4 Å². The molecule has 476 valence electrons. The Hall–Kier alpha value is -6.08. The summed E-state index contributed by atoms with van der Waals surface area (Å²) in [5.41, 5.74) is 5.63. The lowest BCUT2D eigenvalue weighted by Crippen LogP contribution is -2.82. The molecule has 3 fully saturated rings. The number of carbonyl (C=O) groups excluding carboxylic acids is 5. The van der Waals surface area contributed by atoms with Crippen molar-refractivity contribution in [3.8, 4) is 30.4 Å². The van der Waals surface area contributed by atoms with Gasteiger partial charge in [0.15, 0.2) is 17.2 Å². The van der Waals surface area contributed by atoms with Gasteiger partial charge in [-0.3, -0.25) is 39.2 Å². The molecule has 22 heteroatoms. The summed E-state index contributed by atoms with van der Waals surface area (Å²) in [5.74, 6) is 0.184. The minimum Gasteiger partial charge on any atom is -0.496 e. The molecule has 5 aliphatic heterocycles. The highest BCUT2D eigenvalue weighted by Crippen LogP contribution is 2.68. The highest BCUT2D eigenvalue weighted by Gasteiger charge is 2.79. The third kappa shape index (κ3) is 12.0. The maximum absolute atomic E-state index is 15.2. The van der Waals surface area contributed by atoms with Crippen LogP contribution in [0.1, 0.15) is 121 Å². The van der Waals surface area contributed by atoms with Gasteiger partial charge in [0.25, 0.3) is 5.91 Å². The summed E-state index contributed by atoms with van der Waals surface area (Å²) in [6.45, 7) is 13.4. The molecule has 1 aliphatic carbocycles. The number of amides is 3. The summed E-state index contributed by atoms with van der Waals surface area (Å²) in [6, 6.07) is 9.52. The number of hydrogen-bond donors (Lipinski definition) is 9. The fraction of sp³-hybridized carbons (Fsp3) is 0.606. The smallest absolute Gasteiger partial charge is 0.426 e. The van der Waals surface area contributed by atoms with E-state index in [-0.39, 0.29) is 55.1 Å². The number of rotatable bonds is 24. The molecule has 6 heterocycles. The highest BCUT2D eigenvalue weighted by atomic mass is 33.1. The van der Waals surface area contributed by atoms with Gasteiger partial charge >= 0.3 is 12.1 Å². The molecule has 3 amide bonds. The Morgan fingerprint density at radius 1 is 0.920 bits per heavy atom. The van der Waals surface area contributed by atoms with Crippen LogP contribution < -0.4 is 31.1 Å². The fourth-order valence-corrected chi connectivity index (χ4v) is 18.5. The number of aliphatic hydroxyl groups excluding tert-OH is 1. The number of H-pyrrole nitrogens is 1. The first kappa shape index (κ1) is 66.3. The minimum absolute atomic E-state index is 0.0200. The van der Waals surface area contributed by atoms with Gasteiger partial charge in [0.2, 0.25) is 5.91 Å². The number of likely N-dealkylation sites (N-methyl/N-ethyl adjacent to an activating group) is 2. The molecular weight excluding hydrogens is 1160 g/mol. The summed E-state index contributed by atoms with van der Waals surface area (Å²) in [6.07, 6.45) is 13.7. The van der Waals surface area contributed by atoms with Gasteiger partial charge in [0, 0.05) is 133 Å². The van der Waals surface area contributed by atoms with Crippen LogP contribution in [0.2, 0.25) is 0 Å². The number of hydrogen-bond acceptors (Lipinski definition) is 17. The molecule has 2 saturated heterocycles. The first-order valence-electron chi connectivity index (χ1n) is 30.9. The lowest BCUT2D eigenvalue weighted by atomic mass is 9.47. The number of Topliss-reactive ketones (excluding diaryl/α,β-unsaturated/α-hetero) is 2. The van der Waals surface area contributed by atoms with Crippen molar-refractivity contribution < 1.29 is 58.7 Å². The van der Waals surface area contributed by atoms with Crippen LogP contribution >= 0.6 is 21.6 Å². The lowest BCUT2D eigenvalue weighted by molar-refractivity contribution is -0.204. The second-order valence-electron chi connectivity index (χ2n) is 25.6. The average Bonchev–Trinajstić information content (AvgIpc) is 1.44. The number of carboxylic acid groups (broad SMARTS) is 1. The van der Waals surface area contributed by atoms with Crippen LogP contribution in [-0.2, 0) is 46.0 Å². The van der Waals surface area contributed by atoms with E-state index in [1.807, 2.05) is 37.9 Å². The van der Waals surface area contributed by atoms with Gasteiger partial charge in [-0.25, -0.2) is 10.2 Å². The third-order valence-electron chi connectivity index (χ3n) is 20.5. The van der Waals surface area contributed by atoms with E-state index in [0.29, 0.717) is 63.9 Å². The second kappa shape index (κ2) is 26.8. The number of carbonyl (C=O) groups is 6. The van der Waals surface area contributed by atoms with E-state index < -0.39 is 99.6 Å². The van der Waals surface area contributed by atoms with Crippen molar-refractivity contribution in [2.45, 2.75) is 158 Å². The molecular formula is C66H88N8O12S2. The zero-order valence-corrected chi connectivity index (χ0v) is 53.6. The van der Waals surface area contributed by atoms with Crippen molar-refractivity contribution in [2.75, 3.05) is 76.9 Å². The Balaban J connectivity index is 0.910. The molecule has 9 N–H and O–H groups in total. The molecule has 1 saturated carbocycles. The standard InChI is InChI=1S/C66H88N8O12S2/c1-11-18-48(67-8)51(75)28-41(13-3)55(77)69-49(19-12-2)52(76)29-42(56(78)79)37-88-87-27-26-86-61(82)71-70-60(81)66(84)58-65(23-25-74-35-39(6)32-64(15-5,57(65)74)59(66)80)45-30-46(53(85-10)31-50(45)72(58)9)62(7)33-40-34-63(83,14-4)38-73(36-40)24-22-44-43-20-16-17-21-47(43)68-54(44)62/h1-2,16-17,20-21,30-32,40-42,48-49,57-59,67-68,80,83-84H,13-15,18-19,22-29,33-38H2,3-10H3,(H,69,77)(H,70,81)(H,71,82)(H,78,79)/t40-,41+,42-,48-,49-,57-,58+,59+,62+,63-,64+,65+,66-/m0/s1. The molecule has 20 nitrogen and oxygen atoms in total. The number of methoxy groups -OCH3 is 1. The number of carboxylic acids is 1.